The Kier molecular flexibility index (Phi) is 5.29. The van der Waals surface area contributed by atoms with Gasteiger partial charge >= 0.3 is 5.51 Å². The lowest BCUT2D eigenvalue weighted by Crippen LogP contribution is -2.24. The first kappa shape index (κ1) is 13.7. The zero-order chi connectivity index (χ0) is 11.5. The average Bonchev–Trinajstić information content (AvgIpc) is 2.09. The number of halogens is 4. The van der Waals surface area contributed by atoms with Gasteiger partial charge < -0.3 is 0 Å². The zero-order valence-electron chi connectivity index (χ0n) is 8.69. The highest BCUT2D eigenvalue weighted by molar-refractivity contribution is 9.09. The van der Waals surface area contributed by atoms with Crippen LogP contribution in [0.15, 0.2) is 0 Å². The van der Waals surface area contributed by atoms with Crippen molar-refractivity contribution >= 4 is 27.7 Å². The van der Waals surface area contributed by atoms with E-state index < -0.39 is 5.51 Å². The van der Waals surface area contributed by atoms with Crippen molar-refractivity contribution in [2.75, 3.05) is 5.75 Å². The molecule has 1 rings (SSSR count). The van der Waals surface area contributed by atoms with E-state index >= 15 is 0 Å². The summed E-state index contributed by atoms with van der Waals surface area (Å²) < 4.78 is 35.8. The van der Waals surface area contributed by atoms with Gasteiger partial charge in [-0.3, -0.25) is 0 Å². The lowest BCUT2D eigenvalue weighted by Gasteiger charge is -2.31. The molecule has 0 N–H and O–H groups in total. The second-order valence-electron chi connectivity index (χ2n) is 4.28. The van der Waals surface area contributed by atoms with Crippen LogP contribution in [0.25, 0.3) is 0 Å². The lowest BCUT2D eigenvalue weighted by atomic mass is 9.81. The van der Waals surface area contributed by atoms with Crippen molar-refractivity contribution in [1.82, 2.24) is 0 Å². The number of thioether (sulfide) groups is 1. The molecule has 1 aliphatic rings. The van der Waals surface area contributed by atoms with Crippen LogP contribution in [0.5, 0.6) is 0 Å². The van der Waals surface area contributed by atoms with Gasteiger partial charge in [0.1, 0.15) is 0 Å². The molecule has 0 heterocycles. The van der Waals surface area contributed by atoms with Gasteiger partial charge in [0.2, 0.25) is 0 Å². The Hall–Kier alpha value is 0.620. The maximum absolute atomic E-state index is 11.9. The van der Waals surface area contributed by atoms with Crippen molar-refractivity contribution in [3.05, 3.63) is 0 Å². The average molecular weight is 305 g/mol. The highest BCUT2D eigenvalue weighted by Crippen LogP contribution is 2.38. The summed E-state index contributed by atoms with van der Waals surface area (Å²) in [5.41, 5.74) is -4.07. The van der Waals surface area contributed by atoms with Crippen LogP contribution in [-0.4, -0.2) is 16.1 Å². The second-order valence-corrected chi connectivity index (χ2v) is 6.61. The largest absolute Gasteiger partial charge is 0.441 e. The molecule has 0 aromatic heterocycles. The van der Waals surface area contributed by atoms with Gasteiger partial charge in [-0.1, -0.05) is 34.6 Å². The van der Waals surface area contributed by atoms with Gasteiger partial charge in [0, 0.05) is 10.6 Å². The van der Waals surface area contributed by atoms with E-state index in [1.807, 2.05) is 0 Å². The van der Waals surface area contributed by atoms with Gasteiger partial charge in [-0.2, -0.15) is 13.2 Å². The predicted molar refractivity (Wildman–Crippen MR) is 62.4 cm³/mol. The fraction of sp³-hybridized carbons (Fsp3) is 1.00. The van der Waals surface area contributed by atoms with E-state index in [0.29, 0.717) is 23.1 Å². The fourth-order valence-corrected chi connectivity index (χ4v) is 3.48. The summed E-state index contributed by atoms with van der Waals surface area (Å²) in [6.45, 7) is 2.18. The monoisotopic (exact) mass is 304 g/mol. The molecular formula is C10H16BrF3S. The molecule has 0 saturated heterocycles. The van der Waals surface area contributed by atoms with Crippen molar-refractivity contribution in [2.45, 2.75) is 42.9 Å². The summed E-state index contributed by atoms with van der Waals surface area (Å²) in [6.07, 6.45) is 4.03. The van der Waals surface area contributed by atoms with Crippen molar-refractivity contribution in [3.8, 4) is 0 Å². The third-order valence-electron chi connectivity index (χ3n) is 2.91. The van der Waals surface area contributed by atoms with Crippen LogP contribution in [0, 0.1) is 11.8 Å². The molecule has 15 heavy (non-hydrogen) atoms. The van der Waals surface area contributed by atoms with E-state index in [2.05, 4.69) is 22.9 Å². The van der Waals surface area contributed by atoms with Crippen molar-refractivity contribution in [3.63, 3.8) is 0 Å². The molecule has 3 unspecified atom stereocenters. The SMILES string of the molecule is CC1CCC(Br)C(CCSC(F)(F)F)C1. The number of hydrogen-bond acceptors (Lipinski definition) is 1. The first-order valence-corrected chi connectivity index (χ1v) is 7.13. The Balaban J connectivity index is 2.24. The standard InChI is InChI=1S/C10H16BrF3S/c1-7-2-3-9(11)8(6-7)4-5-15-10(12,13)14/h7-9H,2-6H2,1H3. The first-order chi connectivity index (χ1) is 6.88. The molecule has 1 saturated carbocycles. The van der Waals surface area contributed by atoms with Crippen LogP contribution in [0.3, 0.4) is 0 Å². The molecule has 5 heteroatoms. The Morgan fingerprint density at radius 3 is 2.60 bits per heavy atom. The van der Waals surface area contributed by atoms with E-state index in [1.54, 1.807) is 0 Å². The molecular weight excluding hydrogens is 289 g/mol. The first-order valence-electron chi connectivity index (χ1n) is 5.23. The van der Waals surface area contributed by atoms with Gasteiger partial charge in [0.25, 0.3) is 0 Å². The van der Waals surface area contributed by atoms with Gasteiger partial charge in [-0.15, -0.1) is 0 Å². The molecule has 1 aliphatic carbocycles. The smallest absolute Gasteiger partial charge is 0.160 e. The van der Waals surface area contributed by atoms with Gasteiger partial charge in [-0.05, 0) is 37.5 Å². The minimum Gasteiger partial charge on any atom is -0.160 e. The van der Waals surface area contributed by atoms with Crippen molar-refractivity contribution in [1.29, 1.82) is 0 Å². The topological polar surface area (TPSA) is 0 Å². The number of alkyl halides is 4. The molecule has 0 spiro atoms. The molecule has 90 valence electrons. The van der Waals surface area contributed by atoms with Crippen LogP contribution in [0.4, 0.5) is 13.2 Å². The third kappa shape index (κ3) is 5.48. The summed E-state index contributed by atoms with van der Waals surface area (Å²) in [5, 5.41) is 0. The number of hydrogen-bond donors (Lipinski definition) is 0. The van der Waals surface area contributed by atoms with Crippen LogP contribution >= 0.6 is 27.7 Å². The summed E-state index contributed by atoms with van der Waals surface area (Å²) in [6, 6.07) is 0. The summed E-state index contributed by atoms with van der Waals surface area (Å²) in [4.78, 5) is 0.419. The molecule has 0 aromatic rings. The van der Waals surface area contributed by atoms with Gasteiger partial charge in [-0.25, -0.2) is 0 Å². The summed E-state index contributed by atoms with van der Waals surface area (Å²) in [5.74, 6) is 1.28. The minimum atomic E-state index is -4.07. The second kappa shape index (κ2) is 5.80. The maximum Gasteiger partial charge on any atom is 0.441 e. The highest BCUT2D eigenvalue weighted by atomic mass is 79.9. The van der Waals surface area contributed by atoms with E-state index in [4.69, 9.17) is 0 Å². The summed E-state index contributed by atoms with van der Waals surface area (Å²) in [7, 11) is 0. The van der Waals surface area contributed by atoms with Gasteiger partial charge in [0.15, 0.2) is 0 Å². The maximum atomic E-state index is 11.9. The van der Waals surface area contributed by atoms with Crippen molar-refractivity contribution < 1.29 is 13.2 Å². The van der Waals surface area contributed by atoms with E-state index in [0.717, 1.165) is 12.8 Å². The zero-order valence-corrected chi connectivity index (χ0v) is 11.1. The molecule has 0 aliphatic heterocycles. The molecule has 1 fully saturated rings. The summed E-state index contributed by atoms with van der Waals surface area (Å²) >= 11 is 3.68. The predicted octanol–water partition coefficient (Wildman–Crippen LogP) is 4.83. The highest BCUT2D eigenvalue weighted by Gasteiger charge is 2.30. The minimum absolute atomic E-state index is 0.110. The molecule has 0 aromatic carbocycles. The Bertz CT molecular complexity index is 196. The van der Waals surface area contributed by atoms with Crippen LogP contribution in [0.2, 0.25) is 0 Å². The fourth-order valence-electron chi connectivity index (χ4n) is 2.09. The lowest BCUT2D eigenvalue weighted by molar-refractivity contribution is -0.0328. The molecule has 3 atom stereocenters. The normalized spacial score (nSPS) is 33.0. The van der Waals surface area contributed by atoms with E-state index in [9.17, 15) is 13.2 Å². The molecule has 0 amide bonds. The van der Waals surface area contributed by atoms with Crippen LogP contribution in [0.1, 0.15) is 32.6 Å². The Labute approximate surface area is 102 Å². The third-order valence-corrected chi connectivity index (χ3v) is 4.88. The molecule has 0 radical (unpaired) electrons. The van der Waals surface area contributed by atoms with Crippen molar-refractivity contribution in [2.24, 2.45) is 11.8 Å². The van der Waals surface area contributed by atoms with Crippen LogP contribution < -0.4 is 0 Å². The number of rotatable bonds is 3. The van der Waals surface area contributed by atoms with E-state index in [1.165, 1.54) is 6.42 Å². The quantitative estimate of drug-likeness (QED) is 0.673. The van der Waals surface area contributed by atoms with Gasteiger partial charge in [0.05, 0.1) is 0 Å². The Morgan fingerprint density at radius 1 is 1.33 bits per heavy atom. The van der Waals surface area contributed by atoms with E-state index in [-0.39, 0.29) is 17.5 Å². The molecule has 0 nitrogen and oxygen atoms in total. The Morgan fingerprint density at radius 2 is 2.00 bits per heavy atom. The van der Waals surface area contributed by atoms with Crippen LogP contribution in [-0.2, 0) is 0 Å². The molecule has 0 bridgehead atoms.